The summed E-state index contributed by atoms with van der Waals surface area (Å²) in [5.74, 6) is 0.422. The maximum Gasteiger partial charge on any atom is 0.338 e. The first kappa shape index (κ1) is 14.8. The van der Waals surface area contributed by atoms with E-state index < -0.39 is 0 Å². The molecule has 0 saturated carbocycles. The zero-order valence-electron chi connectivity index (χ0n) is 12.0. The van der Waals surface area contributed by atoms with E-state index in [1.165, 1.54) is 0 Å². The van der Waals surface area contributed by atoms with Crippen LogP contribution in [0.5, 0.6) is 5.75 Å². The van der Waals surface area contributed by atoms with Gasteiger partial charge in [-0.15, -0.1) is 0 Å². The number of esters is 1. The summed E-state index contributed by atoms with van der Waals surface area (Å²) < 4.78 is 16.2. The van der Waals surface area contributed by atoms with E-state index in [0.717, 1.165) is 25.4 Å². The molecule has 1 unspecified atom stereocenters. The number of hydrogen-bond acceptors (Lipinski definition) is 5. The number of morpholine rings is 1. The maximum atomic E-state index is 11.5. The highest BCUT2D eigenvalue weighted by molar-refractivity contribution is 5.89. The van der Waals surface area contributed by atoms with Gasteiger partial charge in [0.2, 0.25) is 0 Å². The fourth-order valence-corrected chi connectivity index (χ4v) is 2.06. The molecule has 110 valence electrons. The van der Waals surface area contributed by atoms with Crippen LogP contribution in [0.1, 0.15) is 17.3 Å². The van der Waals surface area contributed by atoms with Gasteiger partial charge in [0, 0.05) is 13.1 Å². The van der Waals surface area contributed by atoms with Crippen molar-refractivity contribution in [3.63, 3.8) is 0 Å². The Morgan fingerprint density at radius 2 is 2.15 bits per heavy atom. The van der Waals surface area contributed by atoms with E-state index in [1.807, 2.05) is 0 Å². The van der Waals surface area contributed by atoms with E-state index in [-0.39, 0.29) is 12.1 Å². The second-order valence-corrected chi connectivity index (χ2v) is 4.81. The number of carbonyl (C=O) groups excluding carboxylic acids is 1. The molecule has 1 saturated heterocycles. The first-order valence-electron chi connectivity index (χ1n) is 6.89. The van der Waals surface area contributed by atoms with Crippen LogP contribution < -0.4 is 4.74 Å². The third-order valence-electron chi connectivity index (χ3n) is 3.14. The van der Waals surface area contributed by atoms with Crippen LogP contribution in [0, 0.1) is 0 Å². The number of ether oxygens (including phenoxy) is 3. The lowest BCUT2D eigenvalue weighted by Gasteiger charge is -2.29. The van der Waals surface area contributed by atoms with Crippen molar-refractivity contribution >= 4 is 5.97 Å². The average Bonchev–Trinajstić information content (AvgIpc) is 2.46. The fourth-order valence-electron chi connectivity index (χ4n) is 2.06. The van der Waals surface area contributed by atoms with Gasteiger partial charge in [-0.2, -0.15) is 0 Å². The van der Waals surface area contributed by atoms with Crippen LogP contribution in [0.15, 0.2) is 24.3 Å². The van der Waals surface area contributed by atoms with Crippen molar-refractivity contribution in [3.8, 4) is 5.75 Å². The second kappa shape index (κ2) is 7.26. The lowest BCUT2D eigenvalue weighted by Crippen LogP contribution is -2.42. The van der Waals surface area contributed by atoms with Crippen LogP contribution in [-0.2, 0) is 9.47 Å². The molecule has 0 aromatic heterocycles. The molecule has 1 aromatic carbocycles. The van der Waals surface area contributed by atoms with Gasteiger partial charge in [0.05, 0.1) is 18.8 Å². The zero-order chi connectivity index (χ0) is 14.4. The van der Waals surface area contributed by atoms with Crippen LogP contribution in [0.25, 0.3) is 0 Å². The van der Waals surface area contributed by atoms with Crippen molar-refractivity contribution in [2.75, 3.05) is 40.0 Å². The molecule has 1 heterocycles. The minimum Gasteiger partial charge on any atom is -0.491 e. The zero-order valence-corrected chi connectivity index (χ0v) is 12.0. The number of hydrogen-bond donors (Lipinski definition) is 0. The largest absolute Gasteiger partial charge is 0.491 e. The molecule has 0 N–H and O–H groups in total. The second-order valence-electron chi connectivity index (χ2n) is 4.81. The van der Waals surface area contributed by atoms with Gasteiger partial charge in [0.15, 0.2) is 0 Å². The first-order valence-corrected chi connectivity index (χ1v) is 6.89. The van der Waals surface area contributed by atoms with E-state index in [1.54, 1.807) is 31.2 Å². The van der Waals surface area contributed by atoms with Crippen molar-refractivity contribution in [2.24, 2.45) is 0 Å². The Balaban J connectivity index is 1.83. The molecule has 0 spiro atoms. The topological polar surface area (TPSA) is 48.0 Å². The number of rotatable bonds is 5. The van der Waals surface area contributed by atoms with Crippen molar-refractivity contribution < 1.29 is 19.0 Å². The highest BCUT2D eigenvalue weighted by Crippen LogP contribution is 2.14. The summed E-state index contributed by atoms with van der Waals surface area (Å²) in [6.45, 7) is 5.27. The van der Waals surface area contributed by atoms with E-state index in [9.17, 15) is 4.79 Å². The Labute approximate surface area is 119 Å². The van der Waals surface area contributed by atoms with Crippen LogP contribution in [0.3, 0.4) is 0 Å². The molecule has 0 radical (unpaired) electrons. The summed E-state index contributed by atoms with van der Waals surface area (Å²) in [7, 11) is 2.07. The molecule has 5 nitrogen and oxygen atoms in total. The predicted octanol–water partition coefficient (Wildman–Crippen LogP) is 1.57. The highest BCUT2D eigenvalue weighted by atomic mass is 16.5. The molecule has 0 amide bonds. The summed E-state index contributed by atoms with van der Waals surface area (Å²) in [5, 5.41) is 0. The Kier molecular flexibility index (Phi) is 5.38. The van der Waals surface area contributed by atoms with Gasteiger partial charge in [0.1, 0.15) is 18.5 Å². The summed E-state index contributed by atoms with van der Waals surface area (Å²) >= 11 is 0. The number of benzene rings is 1. The van der Waals surface area contributed by atoms with Crippen LogP contribution in [0.2, 0.25) is 0 Å². The number of likely N-dealkylation sites (N-methyl/N-ethyl adjacent to an activating group) is 1. The molecule has 0 bridgehead atoms. The Morgan fingerprint density at radius 3 is 2.80 bits per heavy atom. The summed E-state index contributed by atoms with van der Waals surface area (Å²) in [5.41, 5.74) is 0.535. The molecule has 2 rings (SSSR count). The molecule has 1 aliphatic rings. The molecule has 1 aliphatic heterocycles. The van der Waals surface area contributed by atoms with Gasteiger partial charge in [-0.1, -0.05) is 0 Å². The molecule has 1 aromatic rings. The van der Waals surface area contributed by atoms with E-state index >= 15 is 0 Å². The third-order valence-corrected chi connectivity index (χ3v) is 3.14. The monoisotopic (exact) mass is 279 g/mol. The van der Waals surface area contributed by atoms with Gasteiger partial charge in [-0.05, 0) is 38.2 Å². The van der Waals surface area contributed by atoms with Gasteiger partial charge in [0.25, 0.3) is 0 Å². The van der Waals surface area contributed by atoms with Crippen LogP contribution in [-0.4, -0.2) is 56.9 Å². The smallest absolute Gasteiger partial charge is 0.338 e. The van der Waals surface area contributed by atoms with Crippen molar-refractivity contribution in [2.45, 2.75) is 13.0 Å². The fraction of sp³-hybridized carbons (Fsp3) is 0.533. The molecular weight excluding hydrogens is 258 g/mol. The molecule has 0 aliphatic carbocycles. The van der Waals surface area contributed by atoms with E-state index in [4.69, 9.17) is 14.2 Å². The third kappa shape index (κ3) is 4.21. The molecule has 20 heavy (non-hydrogen) atoms. The van der Waals surface area contributed by atoms with Crippen molar-refractivity contribution in [1.29, 1.82) is 0 Å². The van der Waals surface area contributed by atoms with E-state index in [2.05, 4.69) is 11.9 Å². The van der Waals surface area contributed by atoms with Gasteiger partial charge in [-0.25, -0.2) is 4.79 Å². The van der Waals surface area contributed by atoms with Gasteiger partial charge < -0.3 is 19.1 Å². The predicted molar refractivity (Wildman–Crippen MR) is 75.1 cm³/mol. The van der Waals surface area contributed by atoms with Crippen LogP contribution in [0.4, 0.5) is 0 Å². The molecule has 1 fully saturated rings. The Morgan fingerprint density at radius 1 is 1.40 bits per heavy atom. The van der Waals surface area contributed by atoms with Gasteiger partial charge in [-0.3, -0.25) is 0 Å². The molecule has 1 atom stereocenters. The molecular formula is C15H21NO4. The molecule has 5 heteroatoms. The Hall–Kier alpha value is -1.59. The Bertz CT molecular complexity index is 432. The first-order chi connectivity index (χ1) is 9.69. The van der Waals surface area contributed by atoms with E-state index in [0.29, 0.717) is 18.8 Å². The lowest BCUT2D eigenvalue weighted by atomic mass is 10.2. The quantitative estimate of drug-likeness (QED) is 0.766. The minimum absolute atomic E-state index is 0.0958. The standard InChI is InChI=1S/C15H21NO4/c1-3-18-15(17)12-4-6-13(7-5-12)20-11-14-10-16(2)8-9-19-14/h4-7,14H,3,8-11H2,1-2H3. The van der Waals surface area contributed by atoms with Crippen molar-refractivity contribution in [3.05, 3.63) is 29.8 Å². The summed E-state index contributed by atoms with van der Waals surface area (Å²) in [6, 6.07) is 6.97. The van der Waals surface area contributed by atoms with Crippen LogP contribution >= 0.6 is 0 Å². The number of nitrogens with zero attached hydrogens (tertiary/aromatic N) is 1. The average molecular weight is 279 g/mol. The minimum atomic E-state index is -0.309. The van der Waals surface area contributed by atoms with Gasteiger partial charge >= 0.3 is 5.97 Å². The lowest BCUT2D eigenvalue weighted by molar-refractivity contribution is -0.0403. The normalized spacial score (nSPS) is 19.6. The number of carbonyl (C=O) groups is 1. The summed E-state index contributed by atoms with van der Waals surface area (Å²) in [4.78, 5) is 13.7. The summed E-state index contributed by atoms with van der Waals surface area (Å²) in [6.07, 6.45) is 0.0958. The highest BCUT2D eigenvalue weighted by Gasteiger charge is 2.18. The van der Waals surface area contributed by atoms with Crippen molar-refractivity contribution in [1.82, 2.24) is 4.90 Å². The maximum absolute atomic E-state index is 11.5. The SMILES string of the molecule is CCOC(=O)c1ccc(OCC2CN(C)CCO2)cc1.